The molecule has 1 saturated carbocycles. The van der Waals surface area contributed by atoms with E-state index in [0.29, 0.717) is 39.1 Å². The van der Waals surface area contributed by atoms with Gasteiger partial charge in [0.25, 0.3) is 5.91 Å². The fourth-order valence-corrected chi connectivity index (χ4v) is 8.09. The molecule has 1 aromatic heterocycles. The summed E-state index contributed by atoms with van der Waals surface area (Å²) in [6, 6.07) is 10.1. The molecule has 246 valence electrons. The molecule has 1 aliphatic carbocycles. The molecule has 2 aliphatic rings. The summed E-state index contributed by atoms with van der Waals surface area (Å²) >= 11 is 13.0. The van der Waals surface area contributed by atoms with E-state index in [1.54, 1.807) is 45.5 Å². The summed E-state index contributed by atoms with van der Waals surface area (Å²) in [5.74, 6) is 0.0318. The number of hydrogen-bond donors (Lipinski definition) is 0. The van der Waals surface area contributed by atoms with Gasteiger partial charge < -0.3 is 19.1 Å². The highest BCUT2D eigenvalue weighted by atomic mass is 35.5. The molecule has 10 nitrogen and oxygen atoms in total. The highest BCUT2D eigenvalue weighted by molar-refractivity contribution is 7.89. The molecular formula is C33H37Cl2N3O7S. The van der Waals surface area contributed by atoms with E-state index in [9.17, 15) is 18.0 Å². The molecule has 2 heterocycles. The number of hydrogen-bond acceptors (Lipinski definition) is 8. The van der Waals surface area contributed by atoms with E-state index in [1.165, 1.54) is 35.5 Å². The van der Waals surface area contributed by atoms with Crippen LogP contribution in [0.5, 0.6) is 11.5 Å². The third-order valence-corrected chi connectivity index (χ3v) is 10.9. The Balaban J connectivity index is 1.45. The first-order valence-corrected chi connectivity index (χ1v) is 17.4. The second kappa shape index (κ2) is 14.6. The number of aromatic nitrogens is 1. The van der Waals surface area contributed by atoms with Crippen molar-refractivity contribution in [3.8, 4) is 11.5 Å². The van der Waals surface area contributed by atoms with Crippen LogP contribution in [0, 0.1) is 0 Å². The molecule has 13 heteroatoms. The van der Waals surface area contributed by atoms with Crippen molar-refractivity contribution < 1.29 is 32.2 Å². The van der Waals surface area contributed by atoms with Gasteiger partial charge in [-0.25, -0.2) is 8.42 Å². The van der Waals surface area contributed by atoms with Gasteiger partial charge in [0, 0.05) is 45.0 Å². The van der Waals surface area contributed by atoms with Crippen molar-refractivity contribution in [2.45, 2.75) is 68.1 Å². The lowest BCUT2D eigenvalue weighted by Crippen LogP contribution is -2.42. The van der Waals surface area contributed by atoms with Crippen LogP contribution < -0.4 is 9.47 Å². The van der Waals surface area contributed by atoms with Crippen LogP contribution in [0.25, 0.3) is 0 Å². The van der Waals surface area contributed by atoms with Gasteiger partial charge in [-0.2, -0.15) is 4.31 Å². The van der Waals surface area contributed by atoms with Gasteiger partial charge in [-0.1, -0.05) is 35.3 Å². The molecule has 2 aromatic carbocycles. The van der Waals surface area contributed by atoms with Crippen LogP contribution in [-0.4, -0.2) is 74.4 Å². The number of rotatable bonds is 11. The number of halogens is 2. The number of ether oxygens (including phenoxy) is 3. The first-order valence-electron chi connectivity index (χ1n) is 15.2. The Morgan fingerprint density at radius 3 is 2.39 bits per heavy atom. The van der Waals surface area contributed by atoms with Crippen molar-refractivity contribution in [2.24, 2.45) is 0 Å². The second-order valence-corrected chi connectivity index (χ2v) is 14.4. The number of benzene rings is 2. The standard InChI is InChI=1S/C33H37Cl2N3O7S/c1-37(2)32(39)22-8-6-11-24(16-22)46(41,42)38-15-7-12-28(38)33(40)45-30(18-25-26(34)19-36-20-27(25)35)21-13-14-29(43-3)31(17-21)44-23-9-4-5-10-23/h6,8,11,13-14,16-17,19-20,23,28,30H,4-5,7,9-10,12,15,18H2,1-3H3. The Morgan fingerprint density at radius 2 is 1.72 bits per heavy atom. The summed E-state index contributed by atoms with van der Waals surface area (Å²) in [4.78, 5) is 31.8. The molecule has 2 atom stereocenters. The van der Waals surface area contributed by atoms with E-state index in [1.807, 2.05) is 0 Å². The van der Waals surface area contributed by atoms with Crippen LogP contribution in [0.1, 0.15) is 66.1 Å². The number of nitrogens with zero attached hydrogens (tertiary/aromatic N) is 3. The quantitative estimate of drug-likeness (QED) is 0.222. The third-order valence-electron chi connectivity index (χ3n) is 8.33. The normalized spacial score (nSPS) is 17.9. The summed E-state index contributed by atoms with van der Waals surface area (Å²) in [6.07, 6.45) is 6.97. The highest BCUT2D eigenvalue weighted by Gasteiger charge is 2.41. The first-order chi connectivity index (χ1) is 22.0. The number of esters is 1. The van der Waals surface area contributed by atoms with E-state index in [0.717, 1.165) is 30.0 Å². The predicted molar refractivity (Wildman–Crippen MR) is 174 cm³/mol. The third kappa shape index (κ3) is 7.43. The van der Waals surface area contributed by atoms with Crippen molar-refractivity contribution in [1.82, 2.24) is 14.2 Å². The van der Waals surface area contributed by atoms with Gasteiger partial charge in [0.1, 0.15) is 12.1 Å². The van der Waals surface area contributed by atoms with Gasteiger partial charge in [-0.05, 0) is 80.0 Å². The molecular weight excluding hydrogens is 653 g/mol. The van der Waals surface area contributed by atoms with Crippen molar-refractivity contribution in [3.63, 3.8) is 0 Å². The van der Waals surface area contributed by atoms with Gasteiger partial charge in [-0.3, -0.25) is 14.6 Å². The fraction of sp³-hybridized carbons (Fsp3) is 0.424. The summed E-state index contributed by atoms with van der Waals surface area (Å²) in [6.45, 7) is 0.128. The van der Waals surface area contributed by atoms with Gasteiger partial charge in [-0.15, -0.1) is 0 Å². The smallest absolute Gasteiger partial charge is 0.325 e. The van der Waals surface area contributed by atoms with Gasteiger partial charge in [0.2, 0.25) is 10.0 Å². The average Bonchev–Trinajstić information content (AvgIpc) is 3.75. The lowest BCUT2D eigenvalue weighted by atomic mass is 10.0. The summed E-state index contributed by atoms with van der Waals surface area (Å²) in [5.41, 5.74) is 1.36. The molecule has 1 saturated heterocycles. The zero-order valence-corrected chi connectivity index (χ0v) is 28.3. The molecule has 0 spiro atoms. The molecule has 0 radical (unpaired) electrons. The SMILES string of the molecule is COc1ccc(C(Cc2c(Cl)cncc2Cl)OC(=O)C2CCCN2S(=O)(=O)c2cccc(C(=O)N(C)C)c2)cc1OC1CCCC1. The van der Waals surface area contributed by atoms with Crippen LogP contribution in [0.4, 0.5) is 0 Å². The van der Waals surface area contributed by atoms with E-state index < -0.39 is 28.1 Å². The minimum absolute atomic E-state index is 0.0537. The minimum atomic E-state index is -4.14. The summed E-state index contributed by atoms with van der Waals surface area (Å²) in [5, 5.41) is 0.614. The number of methoxy groups -OCH3 is 1. The zero-order chi connectivity index (χ0) is 33.0. The first kappa shape index (κ1) is 34.0. The van der Waals surface area contributed by atoms with Crippen molar-refractivity contribution in [2.75, 3.05) is 27.7 Å². The minimum Gasteiger partial charge on any atom is -0.493 e. The molecule has 5 rings (SSSR count). The fourth-order valence-electron chi connectivity index (χ4n) is 5.88. The van der Waals surface area contributed by atoms with E-state index in [-0.39, 0.29) is 41.9 Å². The van der Waals surface area contributed by atoms with Gasteiger partial charge in [0.05, 0.1) is 28.2 Å². The maximum absolute atomic E-state index is 13.9. The van der Waals surface area contributed by atoms with Crippen LogP contribution in [0.3, 0.4) is 0 Å². The Labute approximate surface area is 279 Å². The predicted octanol–water partition coefficient (Wildman–Crippen LogP) is 6.10. The summed E-state index contributed by atoms with van der Waals surface area (Å²) in [7, 11) is 0.597. The van der Waals surface area contributed by atoms with E-state index >= 15 is 0 Å². The van der Waals surface area contributed by atoms with Crippen LogP contribution in [0.2, 0.25) is 10.0 Å². The van der Waals surface area contributed by atoms with Crippen LogP contribution in [-0.2, 0) is 26.0 Å². The van der Waals surface area contributed by atoms with E-state index in [2.05, 4.69) is 4.98 Å². The molecule has 2 unspecified atom stereocenters. The maximum Gasteiger partial charge on any atom is 0.325 e. The average molecular weight is 691 g/mol. The zero-order valence-electron chi connectivity index (χ0n) is 25.9. The lowest BCUT2D eigenvalue weighted by molar-refractivity contribution is -0.153. The van der Waals surface area contributed by atoms with Crippen LogP contribution in [0.15, 0.2) is 59.8 Å². The molecule has 0 bridgehead atoms. The molecule has 0 N–H and O–H groups in total. The monoisotopic (exact) mass is 689 g/mol. The van der Waals surface area contributed by atoms with Crippen LogP contribution >= 0.6 is 23.2 Å². The van der Waals surface area contributed by atoms with Gasteiger partial charge in [0.15, 0.2) is 11.5 Å². The Bertz CT molecular complexity index is 1680. The number of pyridine rings is 1. The van der Waals surface area contributed by atoms with E-state index in [4.69, 9.17) is 37.4 Å². The largest absolute Gasteiger partial charge is 0.493 e. The van der Waals surface area contributed by atoms with Crippen molar-refractivity contribution in [1.29, 1.82) is 0 Å². The number of carbonyl (C=O) groups excluding carboxylic acids is 2. The highest BCUT2D eigenvalue weighted by Crippen LogP contribution is 2.38. The Kier molecular flexibility index (Phi) is 10.8. The summed E-state index contributed by atoms with van der Waals surface area (Å²) < 4.78 is 46.8. The molecule has 1 aliphatic heterocycles. The Hall–Kier alpha value is -3.38. The topological polar surface area (TPSA) is 115 Å². The number of amides is 1. The second-order valence-electron chi connectivity index (χ2n) is 11.6. The van der Waals surface area contributed by atoms with Crippen molar-refractivity contribution in [3.05, 3.63) is 81.6 Å². The molecule has 1 amide bonds. The van der Waals surface area contributed by atoms with Crippen molar-refractivity contribution >= 4 is 45.1 Å². The lowest BCUT2D eigenvalue weighted by Gasteiger charge is -2.27. The number of carbonyl (C=O) groups is 2. The van der Waals surface area contributed by atoms with Gasteiger partial charge >= 0.3 is 5.97 Å². The maximum atomic E-state index is 13.9. The molecule has 46 heavy (non-hydrogen) atoms. The number of sulfonamides is 1. The Morgan fingerprint density at radius 1 is 1.00 bits per heavy atom. The molecule has 2 fully saturated rings. The molecule has 3 aromatic rings.